The summed E-state index contributed by atoms with van der Waals surface area (Å²) < 4.78 is 11.1. The van der Waals surface area contributed by atoms with E-state index in [-0.39, 0.29) is 5.60 Å². The van der Waals surface area contributed by atoms with E-state index in [1.165, 1.54) is 17.7 Å². The van der Waals surface area contributed by atoms with Crippen LogP contribution in [-0.4, -0.2) is 25.4 Å². The molecule has 0 saturated carbocycles. The Labute approximate surface area is 95.8 Å². The predicted molar refractivity (Wildman–Crippen MR) is 63.1 cm³/mol. The first kappa shape index (κ1) is 9.97. The number of anilines is 1. The number of hydrogen-bond acceptors (Lipinski definition) is 3. The molecular formula is C13H17NO2. The summed E-state index contributed by atoms with van der Waals surface area (Å²) >= 11 is 0. The van der Waals surface area contributed by atoms with Gasteiger partial charge in [-0.15, -0.1) is 0 Å². The molecule has 3 nitrogen and oxygen atoms in total. The van der Waals surface area contributed by atoms with Gasteiger partial charge in [-0.2, -0.15) is 0 Å². The maximum absolute atomic E-state index is 5.95. The van der Waals surface area contributed by atoms with Crippen LogP contribution in [0, 0.1) is 0 Å². The van der Waals surface area contributed by atoms with Crippen molar-refractivity contribution in [2.24, 2.45) is 0 Å². The lowest BCUT2D eigenvalue weighted by molar-refractivity contribution is -0.149. The molecule has 2 heterocycles. The van der Waals surface area contributed by atoms with Crippen LogP contribution in [-0.2, 0) is 11.2 Å². The van der Waals surface area contributed by atoms with Crippen LogP contribution in [0.15, 0.2) is 18.2 Å². The van der Waals surface area contributed by atoms with E-state index < -0.39 is 0 Å². The second kappa shape index (κ2) is 3.67. The molecule has 86 valence electrons. The Morgan fingerprint density at radius 2 is 2.25 bits per heavy atom. The fourth-order valence-corrected chi connectivity index (χ4v) is 2.25. The standard InChI is InChI=1S/C13H17NO2/c1-13(8-15-9-13)16-11-4-5-12-10(7-11)3-2-6-14-12/h4-5,7,14H,2-3,6,8-9H2,1H3. The molecule has 1 aromatic rings. The van der Waals surface area contributed by atoms with Gasteiger partial charge in [-0.3, -0.25) is 0 Å². The van der Waals surface area contributed by atoms with Crippen LogP contribution in [0.5, 0.6) is 5.75 Å². The maximum Gasteiger partial charge on any atom is 0.152 e. The largest absolute Gasteiger partial charge is 0.483 e. The van der Waals surface area contributed by atoms with E-state index in [1.54, 1.807) is 0 Å². The first-order valence-electron chi connectivity index (χ1n) is 5.89. The second-order valence-electron chi connectivity index (χ2n) is 4.89. The minimum absolute atomic E-state index is 0.115. The number of fused-ring (bicyclic) bond motifs is 1. The van der Waals surface area contributed by atoms with Crippen LogP contribution in [0.3, 0.4) is 0 Å². The van der Waals surface area contributed by atoms with Gasteiger partial charge >= 0.3 is 0 Å². The Morgan fingerprint density at radius 3 is 3.00 bits per heavy atom. The minimum Gasteiger partial charge on any atom is -0.483 e. The number of rotatable bonds is 2. The Morgan fingerprint density at radius 1 is 1.38 bits per heavy atom. The normalized spacial score (nSPS) is 21.6. The van der Waals surface area contributed by atoms with Gasteiger partial charge in [0.25, 0.3) is 0 Å². The van der Waals surface area contributed by atoms with Crippen LogP contribution in [0.25, 0.3) is 0 Å². The molecule has 2 aliphatic heterocycles. The average Bonchev–Trinajstić information content (AvgIpc) is 2.27. The molecule has 2 aliphatic rings. The van der Waals surface area contributed by atoms with Gasteiger partial charge in [-0.1, -0.05) is 0 Å². The Balaban J connectivity index is 1.80. The average molecular weight is 219 g/mol. The van der Waals surface area contributed by atoms with E-state index in [4.69, 9.17) is 9.47 Å². The quantitative estimate of drug-likeness (QED) is 0.827. The van der Waals surface area contributed by atoms with Crippen molar-refractivity contribution in [3.05, 3.63) is 23.8 Å². The van der Waals surface area contributed by atoms with E-state index in [1.807, 2.05) is 6.07 Å². The number of ether oxygens (including phenoxy) is 2. The molecule has 0 amide bonds. The Hall–Kier alpha value is -1.22. The zero-order chi connectivity index (χ0) is 11.0. The highest BCUT2D eigenvalue weighted by Crippen LogP contribution is 2.30. The van der Waals surface area contributed by atoms with E-state index >= 15 is 0 Å². The van der Waals surface area contributed by atoms with Gasteiger partial charge in [0.2, 0.25) is 0 Å². The van der Waals surface area contributed by atoms with Gasteiger partial charge in [0, 0.05) is 12.2 Å². The highest BCUT2D eigenvalue weighted by Gasteiger charge is 2.35. The minimum atomic E-state index is -0.115. The summed E-state index contributed by atoms with van der Waals surface area (Å²) in [5, 5.41) is 3.40. The highest BCUT2D eigenvalue weighted by molar-refractivity contribution is 5.55. The van der Waals surface area contributed by atoms with Crippen molar-refractivity contribution in [3.8, 4) is 5.75 Å². The molecule has 3 heteroatoms. The molecule has 1 fully saturated rings. The fourth-order valence-electron chi connectivity index (χ4n) is 2.25. The third-order valence-corrected chi connectivity index (χ3v) is 3.19. The summed E-state index contributed by atoms with van der Waals surface area (Å²) in [5.41, 5.74) is 2.51. The molecule has 0 spiro atoms. The van der Waals surface area contributed by atoms with Crippen molar-refractivity contribution >= 4 is 5.69 Å². The maximum atomic E-state index is 5.95. The third kappa shape index (κ3) is 1.76. The molecule has 1 N–H and O–H groups in total. The zero-order valence-electron chi connectivity index (χ0n) is 9.58. The zero-order valence-corrected chi connectivity index (χ0v) is 9.58. The molecule has 0 aliphatic carbocycles. The molecule has 0 aromatic heterocycles. The summed E-state index contributed by atoms with van der Waals surface area (Å²) in [6, 6.07) is 6.32. The molecule has 0 unspecified atom stereocenters. The van der Waals surface area contributed by atoms with E-state index in [0.29, 0.717) is 13.2 Å². The highest BCUT2D eigenvalue weighted by atomic mass is 16.6. The molecule has 3 rings (SSSR count). The van der Waals surface area contributed by atoms with Crippen LogP contribution in [0.4, 0.5) is 5.69 Å². The van der Waals surface area contributed by atoms with Gasteiger partial charge in [-0.25, -0.2) is 0 Å². The predicted octanol–water partition coefficient (Wildman–Crippen LogP) is 2.21. The first-order chi connectivity index (χ1) is 7.75. The summed E-state index contributed by atoms with van der Waals surface area (Å²) in [6.45, 7) is 4.57. The van der Waals surface area contributed by atoms with Crippen LogP contribution in [0.2, 0.25) is 0 Å². The van der Waals surface area contributed by atoms with Gasteiger partial charge in [0.05, 0.1) is 13.2 Å². The molecule has 1 aromatic carbocycles. The number of aryl methyl sites for hydroxylation is 1. The van der Waals surface area contributed by atoms with Gasteiger partial charge < -0.3 is 14.8 Å². The smallest absolute Gasteiger partial charge is 0.152 e. The van der Waals surface area contributed by atoms with Crippen LogP contribution < -0.4 is 10.1 Å². The van der Waals surface area contributed by atoms with Crippen molar-refractivity contribution in [1.29, 1.82) is 0 Å². The molecule has 0 atom stereocenters. The van der Waals surface area contributed by atoms with Crippen LogP contribution >= 0.6 is 0 Å². The lowest BCUT2D eigenvalue weighted by Gasteiger charge is -2.38. The fraction of sp³-hybridized carbons (Fsp3) is 0.538. The van der Waals surface area contributed by atoms with Gasteiger partial charge in [-0.05, 0) is 43.5 Å². The summed E-state index contributed by atoms with van der Waals surface area (Å²) in [7, 11) is 0. The SMILES string of the molecule is CC1(Oc2ccc3c(c2)CCCN3)COC1. The Kier molecular flexibility index (Phi) is 2.28. The third-order valence-electron chi connectivity index (χ3n) is 3.19. The van der Waals surface area contributed by atoms with E-state index in [0.717, 1.165) is 18.7 Å². The summed E-state index contributed by atoms with van der Waals surface area (Å²) in [6.07, 6.45) is 2.35. The van der Waals surface area contributed by atoms with Crippen molar-refractivity contribution < 1.29 is 9.47 Å². The van der Waals surface area contributed by atoms with Crippen molar-refractivity contribution in [3.63, 3.8) is 0 Å². The topological polar surface area (TPSA) is 30.5 Å². The molecular weight excluding hydrogens is 202 g/mol. The first-order valence-corrected chi connectivity index (χ1v) is 5.89. The van der Waals surface area contributed by atoms with Crippen molar-refractivity contribution in [1.82, 2.24) is 0 Å². The van der Waals surface area contributed by atoms with Gasteiger partial charge in [0.15, 0.2) is 5.60 Å². The Bertz CT molecular complexity index is 399. The molecule has 16 heavy (non-hydrogen) atoms. The second-order valence-corrected chi connectivity index (χ2v) is 4.89. The molecule has 1 saturated heterocycles. The summed E-state index contributed by atoms with van der Waals surface area (Å²) in [4.78, 5) is 0. The monoisotopic (exact) mass is 219 g/mol. The van der Waals surface area contributed by atoms with Crippen LogP contribution in [0.1, 0.15) is 18.9 Å². The number of benzene rings is 1. The molecule has 0 radical (unpaired) electrons. The lowest BCUT2D eigenvalue weighted by Crippen LogP contribution is -2.51. The molecule has 0 bridgehead atoms. The summed E-state index contributed by atoms with van der Waals surface area (Å²) in [5.74, 6) is 0.966. The lowest BCUT2D eigenvalue weighted by atomic mass is 10.0. The number of nitrogens with one attached hydrogen (secondary N) is 1. The van der Waals surface area contributed by atoms with E-state index in [9.17, 15) is 0 Å². The van der Waals surface area contributed by atoms with Crippen molar-refractivity contribution in [2.45, 2.75) is 25.4 Å². The van der Waals surface area contributed by atoms with E-state index in [2.05, 4.69) is 24.4 Å². The number of hydrogen-bond donors (Lipinski definition) is 1. The van der Waals surface area contributed by atoms with Gasteiger partial charge in [0.1, 0.15) is 5.75 Å². The van der Waals surface area contributed by atoms with Crippen molar-refractivity contribution in [2.75, 3.05) is 25.1 Å².